The molecule has 0 radical (unpaired) electrons. The van der Waals surface area contributed by atoms with Crippen LogP contribution in [-0.2, 0) is 4.74 Å². The Balaban J connectivity index is 2.06. The zero-order valence-corrected chi connectivity index (χ0v) is 19.6. The fourth-order valence-electron chi connectivity index (χ4n) is 3.74. The van der Waals surface area contributed by atoms with Crippen LogP contribution >= 0.6 is 0 Å². The molecule has 0 N–H and O–H groups in total. The van der Waals surface area contributed by atoms with E-state index in [2.05, 4.69) is 86.5 Å². The summed E-state index contributed by atoms with van der Waals surface area (Å²) in [4.78, 5) is 16.4. The third-order valence-corrected chi connectivity index (χ3v) is 5.49. The van der Waals surface area contributed by atoms with Gasteiger partial charge in [-0.3, -0.25) is 4.90 Å². The Bertz CT molecular complexity index is 731. The highest BCUT2D eigenvalue weighted by Gasteiger charge is 2.25. The predicted molar refractivity (Wildman–Crippen MR) is 125 cm³/mol. The van der Waals surface area contributed by atoms with E-state index in [1.54, 1.807) is 4.90 Å². The van der Waals surface area contributed by atoms with E-state index in [0.29, 0.717) is 18.4 Å². The average Bonchev–Trinajstić information content (AvgIpc) is 2.68. The first kappa shape index (κ1) is 23.9. The Labute approximate surface area is 182 Å². The lowest BCUT2D eigenvalue weighted by Gasteiger charge is -2.34. The number of rotatable bonds is 8. The molecule has 0 aliphatic rings. The maximum absolute atomic E-state index is 12.3. The van der Waals surface area contributed by atoms with Crippen molar-refractivity contribution in [2.24, 2.45) is 11.8 Å². The minimum atomic E-state index is -0.473. The Morgan fingerprint density at radius 3 is 1.70 bits per heavy atom. The van der Waals surface area contributed by atoms with Crippen LogP contribution in [0.5, 0.6) is 0 Å². The van der Waals surface area contributed by atoms with E-state index >= 15 is 0 Å². The van der Waals surface area contributed by atoms with Crippen molar-refractivity contribution in [2.45, 2.75) is 46.3 Å². The number of amides is 1. The van der Waals surface area contributed by atoms with E-state index in [9.17, 15) is 4.79 Å². The fourth-order valence-corrected chi connectivity index (χ4v) is 3.74. The molecule has 0 aliphatic heterocycles. The molecule has 0 bridgehead atoms. The average molecular weight is 411 g/mol. The molecule has 2 aromatic carbocycles. The first-order chi connectivity index (χ1) is 14.1. The van der Waals surface area contributed by atoms with Crippen LogP contribution in [0.3, 0.4) is 0 Å². The van der Waals surface area contributed by atoms with Crippen molar-refractivity contribution < 1.29 is 9.53 Å². The number of benzene rings is 2. The molecule has 164 valence electrons. The molecule has 2 rings (SSSR count). The smallest absolute Gasteiger partial charge is 0.410 e. The summed E-state index contributed by atoms with van der Waals surface area (Å²) in [6.45, 7) is 11.8. The van der Waals surface area contributed by atoms with Gasteiger partial charge >= 0.3 is 6.09 Å². The van der Waals surface area contributed by atoms with Gasteiger partial charge in [-0.15, -0.1) is 0 Å². The van der Waals surface area contributed by atoms with E-state index in [-0.39, 0.29) is 12.1 Å². The monoisotopic (exact) mass is 410 g/mol. The first-order valence-corrected chi connectivity index (χ1v) is 10.8. The van der Waals surface area contributed by atoms with Gasteiger partial charge < -0.3 is 9.64 Å². The maximum Gasteiger partial charge on any atom is 0.410 e. The zero-order chi connectivity index (χ0) is 22.3. The summed E-state index contributed by atoms with van der Waals surface area (Å²) in [6.07, 6.45) is -0.263. The highest BCUT2D eigenvalue weighted by atomic mass is 16.6. The molecule has 0 spiro atoms. The molecule has 1 amide bonds. The normalized spacial score (nSPS) is 13.9. The Kier molecular flexibility index (Phi) is 8.48. The largest absolute Gasteiger partial charge is 0.444 e. The van der Waals surface area contributed by atoms with Crippen molar-refractivity contribution in [2.75, 3.05) is 27.2 Å². The van der Waals surface area contributed by atoms with Gasteiger partial charge in [0.25, 0.3) is 0 Å². The molecular weight excluding hydrogens is 372 g/mol. The highest BCUT2D eigenvalue weighted by Crippen LogP contribution is 2.29. The molecule has 30 heavy (non-hydrogen) atoms. The van der Waals surface area contributed by atoms with E-state index in [0.717, 1.165) is 6.54 Å². The molecular formula is C26H38N2O2. The zero-order valence-electron chi connectivity index (χ0n) is 19.6. The molecule has 0 heterocycles. The van der Waals surface area contributed by atoms with Crippen LogP contribution < -0.4 is 0 Å². The Hall–Kier alpha value is -2.33. The van der Waals surface area contributed by atoms with Gasteiger partial charge in [0.2, 0.25) is 0 Å². The summed E-state index contributed by atoms with van der Waals surface area (Å²) in [5.74, 6) is 0.756. The SMILES string of the molecule is CC(CN(C)C(=O)OC(C)(C)C)C(C)CN(C)C(c1ccccc1)c1ccccc1. The Morgan fingerprint density at radius 1 is 0.833 bits per heavy atom. The molecule has 0 fully saturated rings. The molecule has 0 saturated carbocycles. The lowest BCUT2D eigenvalue weighted by molar-refractivity contribution is 0.0257. The van der Waals surface area contributed by atoms with Crippen LogP contribution in [0.15, 0.2) is 60.7 Å². The van der Waals surface area contributed by atoms with E-state index in [1.165, 1.54) is 11.1 Å². The second kappa shape index (κ2) is 10.6. The molecule has 0 aromatic heterocycles. The fraction of sp³-hybridized carbons (Fsp3) is 0.500. The van der Waals surface area contributed by atoms with Crippen LogP contribution in [0.2, 0.25) is 0 Å². The van der Waals surface area contributed by atoms with Gasteiger partial charge in [0.1, 0.15) is 5.60 Å². The van der Waals surface area contributed by atoms with Gasteiger partial charge in [0.05, 0.1) is 6.04 Å². The van der Waals surface area contributed by atoms with Gasteiger partial charge in [-0.2, -0.15) is 0 Å². The number of ether oxygens (including phenoxy) is 1. The maximum atomic E-state index is 12.3. The number of hydrogen-bond donors (Lipinski definition) is 0. The molecule has 4 heteroatoms. The molecule has 2 aromatic rings. The predicted octanol–water partition coefficient (Wildman–Crippen LogP) is 5.85. The lowest BCUT2D eigenvalue weighted by atomic mass is 9.92. The van der Waals surface area contributed by atoms with Crippen molar-refractivity contribution in [1.29, 1.82) is 0 Å². The van der Waals surface area contributed by atoms with Crippen LogP contribution in [0.4, 0.5) is 4.79 Å². The summed E-state index contributed by atoms with van der Waals surface area (Å²) in [6, 6.07) is 21.5. The second-order valence-electron chi connectivity index (χ2n) is 9.48. The van der Waals surface area contributed by atoms with Crippen molar-refractivity contribution in [3.8, 4) is 0 Å². The summed E-state index contributed by atoms with van der Waals surface area (Å²) in [5.41, 5.74) is 2.10. The van der Waals surface area contributed by atoms with Crippen molar-refractivity contribution in [3.63, 3.8) is 0 Å². The van der Waals surface area contributed by atoms with Crippen LogP contribution in [0, 0.1) is 11.8 Å². The number of carbonyl (C=O) groups is 1. The number of carbonyl (C=O) groups excluding carboxylic acids is 1. The molecule has 2 atom stereocenters. The van der Waals surface area contributed by atoms with Crippen LogP contribution in [-0.4, -0.2) is 48.7 Å². The molecule has 2 unspecified atom stereocenters. The highest BCUT2D eigenvalue weighted by molar-refractivity contribution is 5.67. The van der Waals surface area contributed by atoms with Gasteiger partial charge in [0, 0.05) is 20.1 Å². The molecule has 0 aliphatic carbocycles. The summed E-state index contributed by atoms with van der Waals surface area (Å²) in [7, 11) is 4.00. The van der Waals surface area contributed by atoms with E-state index in [1.807, 2.05) is 27.8 Å². The van der Waals surface area contributed by atoms with Gasteiger partial charge in [-0.1, -0.05) is 74.5 Å². The lowest BCUT2D eigenvalue weighted by Crippen LogP contribution is -2.39. The van der Waals surface area contributed by atoms with Crippen molar-refractivity contribution in [1.82, 2.24) is 9.80 Å². The summed E-state index contributed by atoms with van der Waals surface area (Å²) >= 11 is 0. The van der Waals surface area contributed by atoms with Gasteiger partial charge in [0.15, 0.2) is 0 Å². The summed E-state index contributed by atoms with van der Waals surface area (Å²) < 4.78 is 5.49. The van der Waals surface area contributed by atoms with Gasteiger partial charge in [-0.25, -0.2) is 4.79 Å². The van der Waals surface area contributed by atoms with E-state index < -0.39 is 5.60 Å². The standard InChI is InChI=1S/C26H38N2O2/c1-20(21(2)19-28(7)25(29)30-26(3,4)5)18-27(6)24(22-14-10-8-11-15-22)23-16-12-9-13-17-23/h8-17,20-21,24H,18-19H2,1-7H3. The van der Waals surface area contributed by atoms with Crippen molar-refractivity contribution >= 4 is 6.09 Å². The second-order valence-corrected chi connectivity index (χ2v) is 9.48. The third-order valence-electron chi connectivity index (χ3n) is 5.49. The van der Waals surface area contributed by atoms with Crippen LogP contribution in [0.1, 0.15) is 51.8 Å². The first-order valence-electron chi connectivity index (χ1n) is 10.8. The number of nitrogens with zero attached hydrogens (tertiary/aromatic N) is 2. The van der Waals surface area contributed by atoms with Crippen LogP contribution in [0.25, 0.3) is 0 Å². The molecule has 0 saturated heterocycles. The topological polar surface area (TPSA) is 32.8 Å². The third kappa shape index (κ3) is 7.17. The van der Waals surface area contributed by atoms with Crippen molar-refractivity contribution in [3.05, 3.63) is 71.8 Å². The Morgan fingerprint density at radius 2 is 1.27 bits per heavy atom. The number of hydrogen-bond acceptors (Lipinski definition) is 3. The van der Waals surface area contributed by atoms with E-state index in [4.69, 9.17) is 4.74 Å². The quantitative estimate of drug-likeness (QED) is 0.547. The van der Waals surface area contributed by atoms with Gasteiger partial charge in [-0.05, 0) is 50.8 Å². The molecule has 4 nitrogen and oxygen atoms in total. The minimum Gasteiger partial charge on any atom is -0.444 e. The minimum absolute atomic E-state index is 0.200. The summed E-state index contributed by atoms with van der Waals surface area (Å²) in [5, 5.41) is 0.